The van der Waals surface area contributed by atoms with Gasteiger partial charge in [-0.05, 0) is 22.8 Å². The molecule has 5 nitrogen and oxygen atoms in total. The van der Waals surface area contributed by atoms with Crippen molar-refractivity contribution in [2.45, 2.75) is 26.2 Å². The Balaban J connectivity index is 1.42. The number of hydrogen-bond donors (Lipinski definition) is 0. The monoisotopic (exact) mass is 368 g/mol. The molecule has 0 amide bonds. The van der Waals surface area contributed by atoms with E-state index in [0.717, 1.165) is 64.0 Å². The van der Waals surface area contributed by atoms with Crippen molar-refractivity contribution < 1.29 is 14.2 Å². The Kier molecular flexibility index (Phi) is 5.62. The summed E-state index contributed by atoms with van der Waals surface area (Å²) in [6.07, 6.45) is 0. The molecule has 0 spiro atoms. The average Bonchev–Trinajstić information content (AvgIpc) is 3.10. The van der Waals surface area contributed by atoms with E-state index in [0.29, 0.717) is 0 Å². The molecule has 2 aromatic carbocycles. The highest BCUT2D eigenvalue weighted by molar-refractivity contribution is 5.41. The Morgan fingerprint density at radius 3 is 2.44 bits per heavy atom. The number of benzene rings is 2. The summed E-state index contributed by atoms with van der Waals surface area (Å²) >= 11 is 0. The SMILES string of the molecule is COc1ccc(CN2Cc3ccc(CN4CCOCC4)cc3C2)c(OC)c1. The van der Waals surface area contributed by atoms with Crippen LogP contribution in [-0.4, -0.2) is 50.3 Å². The number of ether oxygens (including phenoxy) is 3. The predicted molar refractivity (Wildman–Crippen MR) is 105 cm³/mol. The van der Waals surface area contributed by atoms with Crippen LogP contribution in [0.3, 0.4) is 0 Å². The van der Waals surface area contributed by atoms with Gasteiger partial charge in [-0.3, -0.25) is 9.80 Å². The van der Waals surface area contributed by atoms with Crippen LogP contribution in [0.4, 0.5) is 0 Å². The van der Waals surface area contributed by atoms with Crippen molar-refractivity contribution in [3.63, 3.8) is 0 Å². The van der Waals surface area contributed by atoms with Crippen molar-refractivity contribution in [1.82, 2.24) is 9.80 Å². The molecule has 4 rings (SSSR count). The molecule has 2 aliphatic heterocycles. The highest BCUT2D eigenvalue weighted by Crippen LogP contribution is 2.30. The molecule has 2 aliphatic rings. The zero-order valence-corrected chi connectivity index (χ0v) is 16.2. The number of rotatable bonds is 6. The molecule has 0 atom stereocenters. The van der Waals surface area contributed by atoms with Crippen molar-refractivity contribution in [2.24, 2.45) is 0 Å². The first-order valence-electron chi connectivity index (χ1n) is 9.59. The van der Waals surface area contributed by atoms with Crippen molar-refractivity contribution >= 4 is 0 Å². The molecule has 2 aromatic rings. The van der Waals surface area contributed by atoms with Crippen LogP contribution < -0.4 is 9.47 Å². The minimum atomic E-state index is 0.827. The fourth-order valence-electron chi connectivity index (χ4n) is 3.97. The molecule has 27 heavy (non-hydrogen) atoms. The lowest BCUT2D eigenvalue weighted by Crippen LogP contribution is -2.35. The summed E-state index contributed by atoms with van der Waals surface area (Å²) in [7, 11) is 3.40. The first-order valence-corrected chi connectivity index (χ1v) is 9.59. The maximum absolute atomic E-state index is 5.56. The van der Waals surface area contributed by atoms with Crippen LogP contribution in [0.15, 0.2) is 36.4 Å². The minimum Gasteiger partial charge on any atom is -0.497 e. The van der Waals surface area contributed by atoms with Crippen LogP contribution in [0.25, 0.3) is 0 Å². The average molecular weight is 368 g/mol. The van der Waals surface area contributed by atoms with Gasteiger partial charge in [-0.25, -0.2) is 0 Å². The Morgan fingerprint density at radius 2 is 1.67 bits per heavy atom. The molecule has 0 aliphatic carbocycles. The third-order valence-electron chi connectivity index (χ3n) is 5.46. The summed E-state index contributed by atoms with van der Waals surface area (Å²) in [6.45, 7) is 7.62. The molecule has 0 radical (unpaired) electrons. The maximum Gasteiger partial charge on any atom is 0.127 e. The van der Waals surface area contributed by atoms with E-state index in [9.17, 15) is 0 Å². The minimum absolute atomic E-state index is 0.827. The number of fused-ring (bicyclic) bond motifs is 1. The fraction of sp³-hybridized carbons (Fsp3) is 0.455. The second kappa shape index (κ2) is 8.30. The van der Waals surface area contributed by atoms with Gasteiger partial charge in [-0.1, -0.05) is 24.3 Å². The van der Waals surface area contributed by atoms with Gasteiger partial charge in [-0.15, -0.1) is 0 Å². The second-order valence-electron chi connectivity index (χ2n) is 7.31. The summed E-state index contributed by atoms with van der Waals surface area (Å²) in [5.41, 5.74) is 5.49. The molecular formula is C22H28N2O3. The first kappa shape index (κ1) is 18.3. The quantitative estimate of drug-likeness (QED) is 0.783. The van der Waals surface area contributed by atoms with Crippen molar-refractivity contribution in [3.8, 4) is 11.5 Å². The molecule has 0 N–H and O–H groups in total. The summed E-state index contributed by atoms with van der Waals surface area (Å²) < 4.78 is 16.3. The zero-order chi connectivity index (χ0) is 18.6. The Morgan fingerprint density at radius 1 is 0.852 bits per heavy atom. The third kappa shape index (κ3) is 4.26. The standard InChI is InChI=1S/C22H28N2O3/c1-25-21-6-5-19(22(12-21)26-2)15-24-14-18-4-3-17(11-20(18)16-24)13-23-7-9-27-10-8-23/h3-6,11-12H,7-10,13-16H2,1-2H3. The normalized spacial score (nSPS) is 17.7. The lowest BCUT2D eigenvalue weighted by atomic mass is 10.1. The van der Waals surface area contributed by atoms with Gasteiger partial charge in [0.1, 0.15) is 11.5 Å². The van der Waals surface area contributed by atoms with E-state index in [1.54, 1.807) is 14.2 Å². The van der Waals surface area contributed by atoms with Crippen LogP contribution in [0.2, 0.25) is 0 Å². The number of methoxy groups -OCH3 is 2. The van der Waals surface area contributed by atoms with Gasteiger partial charge in [0, 0.05) is 50.9 Å². The highest BCUT2D eigenvalue weighted by atomic mass is 16.5. The molecule has 0 bridgehead atoms. The van der Waals surface area contributed by atoms with Crippen molar-refractivity contribution in [3.05, 3.63) is 58.7 Å². The molecule has 0 saturated carbocycles. The number of nitrogens with zero attached hydrogens (tertiary/aromatic N) is 2. The van der Waals surface area contributed by atoms with Crippen LogP contribution in [-0.2, 0) is 30.9 Å². The van der Waals surface area contributed by atoms with Gasteiger partial charge in [-0.2, -0.15) is 0 Å². The van der Waals surface area contributed by atoms with E-state index in [4.69, 9.17) is 14.2 Å². The molecule has 0 aromatic heterocycles. The predicted octanol–water partition coefficient (Wildman–Crippen LogP) is 3.05. The Labute approximate surface area is 161 Å². The van der Waals surface area contributed by atoms with Crippen molar-refractivity contribution in [1.29, 1.82) is 0 Å². The van der Waals surface area contributed by atoms with Crippen LogP contribution in [0.1, 0.15) is 22.3 Å². The van der Waals surface area contributed by atoms with Gasteiger partial charge in [0.25, 0.3) is 0 Å². The van der Waals surface area contributed by atoms with Gasteiger partial charge in [0.15, 0.2) is 0 Å². The van der Waals surface area contributed by atoms with Crippen LogP contribution in [0.5, 0.6) is 11.5 Å². The van der Waals surface area contributed by atoms with E-state index >= 15 is 0 Å². The largest absolute Gasteiger partial charge is 0.497 e. The van der Waals surface area contributed by atoms with Crippen molar-refractivity contribution in [2.75, 3.05) is 40.5 Å². The van der Waals surface area contributed by atoms with E-state index < -0.39 is 0 Å². The lowest BCUT2D eigenvalue weighted by Gasteiger charge is -2.26. The van der Waals surface area contributed by atoms with Crippen LogP contribution >= 0.6 is 0 Å². The summed E-state index contributed by atoms with van der Waals surface area (Å²) in [4.78, 5) is 4.94. The molecule has 1 fully saturated rings. The first-order chi connectivity index (χ1) is 13.2. The van der Waals surface area contributed by atoms with E-state index in [-0.39, 0.29) is 0 Å². The van der Waals surface area contributed by atoms with E-state index in [1.165, 1.54) is 22.3 Å². The van der Waals surface area contributed by atoms with Gasteiger partial charge < -0.3 is 14.2 Å². The molecule has 1 saturated heterocycles. The Hall–Kier alpha value is -2.08. The fourth-order valence-corrected chi connectivity index (χ4v) is 3.97. The zero-order valence-electron chi connectivity index (χ0n) is 16.2. The summed E-state index contributed by atoms with van der Waals surface area (Å²) in [5.74, 6) is 1.71. The lowest BCUT2D eigenvalue weighted by molar-refractivity contribution is 0.0342. The third-order valence-corrected chi connectivity index (χ3v) is 5.46. The van der Waals surface area contributed by atoms with E-state index in [1.807, 2.05) is 12.1 Å². The molecule has 144 valence electrons. The van der Waals surface area contributed by atoms with E-state index in [2.05, 4.69) is 34.1 Å². The Bertz CT molecular complexity index is 787. The van der Waals surface area contributed by atoms with Gasteiger partial charge >= 0.3 is 0 Å². The number of morpholine rings is 1. The van der Waals surface area contributed by atoms with Gasteiger partial charge in [0.05, 0.1) is 27.4 Å². The topological polar surface area (TPSA) is 34.2 Å². The summed E-state index contributed by atoms with van der Waals surface area (Å²) in [6, 6.07) is 13.0. The maximum atomic E-state index is 5.56. The molecular weight excluding hydrogens is 340 g/mol. The molecule has 2 heterocycles. The highest BCUT2D eigenvalue weighted by Gasteiger charge is 2.21. The molecule has 5 heteroatoms. The second-order valence-corrected chi connectivity index (χ2v) is 7.31. The molecule has 0 unspecified atom stereocenters. The van der Waals surface area contributed by atoms with Gasteiger partial charge in [0.2, 0.25) is 0 Å². The smallest absolute Gasteiger partial charge is 0.127 e. The number of hydrogen-bond acceptors (Lipinski definition) is 5. The van der Waals surface area contributed by atoms with Crippen LogP contribution in [0, 0.1) is 0 Å². The summed E-state index contributed by atoms with van der Waals surface area (Å²) in [5, 5.41) is 0.